The molecule has 162 valence electrons. The third kappa shape index (κ3) is 5.29. The molecule has 0 unspecified atom stereocenters. The molecule has 30 heavy (non-hydrogen) atoms. The Hall–Kier alpha value is -2.18. The highest BCUT2D eigenvalue weighted by Gasteiger charge is 2.27. The quantitative estimate of drug-likeness (QED) is 0.629. The van der Waals surface area contributed by atoms with Crippen molar-refractivity contribution in [1.82, 2.24) is 4.31 Å². The number of primary sulfonamides is 1. The minimum Gasteiger partial charge on any atom is -0.482 e. The van der Waals surface area contributed by atoms with Crippen molar-refractivity contribution < 1.29 is 26.4 Å². The highest BCUT2D eigenvalue weighted by atomic mass is 35.5. The molecule has 12 heteroatoms. The molecule has 1 aliphatic rings. The molecule has 3 N–H and O–H groups in total. The van der Waals surface area contributed by atoms with Crippen molar-refractivity contribution in [1.29, 1.82) is 0 Å². The molecular weight excluding hydrogens is 454 g/mol. The van der Waals surface area contributed by atoms with Gasteiger partial charge in [-0.1, -0.05) is 11.6 Å². The maximum absolute atomic E-state index is 12.6. The van der Waals surface area contributed by atoms with Crippen LogP contribution in [0.5, 0.6) is 5.75 Å². The topological polar surface area (TPSA) is 136 Å². The van der Waals surface area contributed by atoms with Crippen molar-refractivity contribution in [3.05, 3.63) is 47.5 Å². The molecule has 3 rings (SSSR count). The van der Waals surface area contributed by atoms with Gasteiger partial charge in [0.25, 0.3) is 5.91 Å². The fourth-order valence-corrected chi connectivity index (χ4v) is 5.26. The summed E-state index contributed by atoms with van der Waals surface area (Å²) in [6, 6.07) is 9.41. The SMILES string of the molecule is NS(=O)(=O)c1ccc(NC(=O)COc2ccc(S(=O)(=O)N3CCCC3)cc2Cl)cc1. The first-order chi connectivity index (χ1) is 14.1. The number of anilines is 1. The second kappa shape index (κ2) is 8.90. The molecule has 9 nitrogen and oxygen atoms in total. The molecule has 2 aromatic carbocycles. The van der Waals surface area contributed by atoms with Gasteiger partial charge in [0.2, 0.25) is 20.0 Å². The fourth-order valence-electron chi connectivity index (χ4n) is 2.90. The van der Waals surface area contributed by atoms with Crippen LogP contribution in [0.25, 0.3) is 0 Å². The minimum absolute atomic E-state index is 0.0700. The maximum atomic E-state index is 12.6. The first-order valence-electron chi connectivity index (χ1n) is 8.92. The zero-order valence-corrected chi connectivity index (χ0v) is 18.1. The molecule has 1 aliphatic heterocycles. The molecule has 1 heterocycles. The summed E-state index contributed by atoms with van der Waals surface area (Å²) in [5, 5.41) is 7.63. The summed E-state index contributed by atoms with van der Waals surface area (Å²) in [6.07, 6.45) is 1.65. The number of hydrogen-bond donors (Lipinski definition) is 2. The summed E-state index contributed by atoms with van der Waals surface area (Å²) >= 11 is 6.14. The molecule has 1 fully saturated rings. The Balaban J connectivity index is 1.61. The third-order valence-corrected chi connectivity index (χ3v) is 7.55. The number of amides is 1. The largest absolute Gasteiger partial charge is 0.482 e. The number of rotatable bonds is 7. The first kappa shape index (κ1) is 22.5. The van der Waals surface area contributed by atoms with E-state index in [4.69, 9.17) is 21.5 Å². The first-order valence-corrected chi connectivity index (χ1v) is 12.3. The van der Waals surface area contributed by atoms with Crippen LogP contribution in [0.2, 0.25) is 5.02 Å². The van der Waals surface area contributed by atoms with Gasteiger partial charge in [0, 0.05) is 18.8 Å². The van der Waals surface area contributed by atoms with Crippen molar-refractivity contribution in [2.24, 2.45) is 5.14 Å². The van der Waals surface area contributed by atoms with E-state index in [1.165, 1.54) is 46.8 Å². The standard InChI is InChI=1S/C18H20ClN3O6S2/c19-16-11-15(30(26,27)22-9-1-2-10-22)7-8-17(16)28-12-18(23)21-13-3-5-14(6-4-13)29(20,24)25/h3-8,11H,1-2,9-10,12H2,(H,21,23)(H2,20,24,25). The summed E-state index contributed by atoms with van der Waals surface area (Å²) in [6.45, 7) is 0.585. The van der Waals surface area contributed by atoms with E-state index in [1.54, 1.807) is 0 Å². The zero-order valence-electron chi connectivity index (χ0n) is 15.7. The molecule has 1 amide bonds. The molecule has 0 radical (unpaired) electrons. The van der Waals surface area contributed by atoms with Gasteiger partial charge >= 0.3 is 0 Å². The van der Waals surface area contributed by atoms with Crippen LogP contribution in [0.15, 0.2) is 52.3 Å². The van der Waals surface area contributed by atoms with Gasteiger partial charge in [0.1, 0.15) is 5.75 Å². The fraction of sp³-hybridized carbons (Fsp3) is 0.278. The second-order valence-corrected chi connectivity index (χ2v) is 10.5. The molecule has 0 aliphatic carbocycles. The van der Waals surface area contributed by atoms with Gasteiger partial charge in [0.05, 0.1) is 14.8 Å². The lowest BCUT2D eigenvalue weighted by molar-refractivity contribution is -0.118. The summed E-state index contributed by atoms with van der Waals surface area (Å²) in [7, 11) is -7.42. The van der Waals surface area contributed by atoms with E-state index in [2.05, 4.69) is 5.32 Å². The number of hydrogen-bond acceptors (Lipinski definition) is 6. The monoisotopic (exact) mass is 473 g/mol. The van der Waals surface area contributed by atoms with Crippen molar-refractivity contribution >= 4 is 43.2 Å². The number of nitrogens with two attached hydrogens (primary N) is 1. The summed E-state index contributed by atoms with van der Waals surface area (Å²) < 4.78 is 54.4. The predicted molar refractivity (Wildman–Crippen MR) is 111 cm³/mol. The molecular formula is C18H20ClN3O6S2. The smallest absolute Gasteiger partial charge is 0.262 e. The number of benzene rings is 2. The van der Waals surface area contributed by atoms with E-state index in [0.717, 1.165) is 12.8 Å². The molecule has 0 atom stereocenters. The van der Waals surface area contributed by atoms with E-state index in [0.29, 0.717) is 18.8 Å². The van der Waals surface area contributed by atoms with Gasteiger partial charge in [0.15, 0.2) is 6.61 Å². The Morgan fingerprint density at radius 3 is 2.20 bits per heavy atom. The average molecular weight is 474 g/mol. The van der Waals surface area contributed by atoms with Crippen LogP contribution in [0, 0.1) is 0 Å². The lowest BCUT2D eigenvalue weighted by Crippen LogP contribution is -2.27. The summed E-state index contributed by atoms with van der Waals surface area (Å²) in [4.78, 5) is 12.0. The summed E-state index contributed by atoms with van der Waals surface area (Å²) in [5.74, 6) is -0.347. The van der Waals surface area contributed by atoms with Crippen LogP contribution in [0.4, 0.5) is 5.69 Å². The molecule has 2 aromatic rings. The highest BCUT2D eigenvalue weighted by Crippen LogP contribution is 2.30. The predicted octanol–water partition coefficient (Wildman–Crippen LogP) is 1.79. The Labute approximate surface area is 179 Å². The van der Waals surface area contributed by atoms with Crippen LogP contribution < -0.4 is 15.2 Å². The van der Waals surface area contributed by atoms with Gasteiger partial charge in [-0.15, -0.1) is 0 Å². The Kier molecular flexibility index (Phi) is 6.68. The number of carbonyl (C=O) groups excluding carboxylic acids is 1. The maximum Gasteiger partial charge on any atom is 0.262 e. The number of sulfonamides is 2. The van der Waals surface area contributed by atoms with Crippen molar-refractivity contribution in [3.8, 4) is 5.75 Å². The number of nitrogens with zero attached hydrogens (tertiary/aromatic N) is 1. The highest BCUT2D eigenvalue weighted by molar-refractivity contribution is 7.89. The number of halogens is 1. The molecule has 0 aromatic heterocycles. The van der Waals surface area contributed by atoms with E-state index < -0.39 is 26.0 Å². The van der Waals surface area contributed by atoms with Crippen LogP contribution in [0.1, 0.15) is 12.8 Å². The summed E-state index contributed by atoms with van der Waals surface area (Å²) in [5.41, 5.74) is 0.356. The lowest BCUT2D eigenvalue weighted by Gasteiger charge is -2.16. The minimum atomic E-state index is -3.82. The van der Waals surface area contributed by atoms with Gasteiger partial charge in [-0.2, -0.15) is 4.31 Å². The van der Waals surface area contributed by atoms with Crippen molar-refractivity contribution in [2.45, 2.75) is 22.6 Å². The van der Waals surface area contributed by atoms with Gasteiger partial charge in [-0.05, 0) is 55.3 Å². The normalized spacial score (nSPS) is 15.1. The number of ether oxygens (including phenoxy) is 1. The van der Waals surface area contributed by atoms with Crippen LogP contribution >= 0.6 is 11.6 Å². The molecule has 1 saturated heterocycles. The van der Waals surface area contributed by atoms with Crippen molar-refractivity contribution in [3.63, 3.8) is 0 Å². The third-order valence-electron chi connectivity index (χ3n) is 4.43. The number of nitrogens with one attached hydrogen (secondary N) is 1. The van der Waals surface area contributed by atoms with Gasteiger partial charge in [-0.3, -0.25) is 4.79 Å². The van der Waals surface area contributed by atoms with Crippen LogP contribution in [-0.4, -0.2) is 46.7 Å². The zero-order chi connectivity index (χ0) is 21.9. The van der Waals surface area contributed by atoms with Crippen molar-refractivity contribution in [2.75, 3.05) is 25.0 Å². The molecule has 0 bridgehead atoms. The molecule has 0 saturated carbocycles. The van der Waals surface area contributed by atoms with Gasteiger partial charge in [-0.25, -0.2) is 22.0 Å². The lowest BCUT2D eigenvalue weighted by atomic mass is 10.3. The Morgan fingerprint density at radius 1 is 1.03 bits per heavy atom. The van der Waals surface area contributed by atoms with E-state index in [9.17, 15) is 21.6 Å². The van der Waals surface area contributed by atoms with Crippen LogP contribution in [-0.2, 0) is 24.8 Å². The van der Waals surface area contributed by atoms with Gasteiger partial charge < -0.3 is 10.1 Å². The van der Waals surface area contributed by atoms with E-state index >= 15 is 0 Å². The van der Waals surface area contributed by atoms with E-state index in [-0.39, 0.29) is 27.2 Å². The average Bonchev–Trinajstić information content (AvgIpc) is 3.22. The van der Waals surface area contributed by atoms with Crippen LogP contribution in [0.3, 0.4) is 0 Å². The Bertz CT molecular complexity index is 1140. The second-order valence-electron chi connectivity index (χ2n) is 6.61. The number of carbonyl (C=O) groups is 1. The van der Waals surface area contributed by atoms with E-state index in [1.807, 2.05) is 0 Å². The Morgan fingerprint density at radius 2 is 1.63 bits per heavy atom. The molecule has 0 spiro atoms.